The summed E-state index contributed by atoms with van der Waals surface area (Å²) in [7, 11) is 0. The molecule has 1 amide bonds. The van der Waals surface area contributed by atoms with Crippen molar-refractivity contribution in [1.82, 2.24) is 9.97 Å². The summed E-state index contributed by atoms with van der Waals surface area (Å²) in [6, 6.07) is 7.80. The summed E-state index contributed by atoms with van der Waals surface area (Å²) >= 11 is 0. The van der Waals surface area contributed by atoms with Crippen molar-refractivity contribution >= 4 is 17.4 Å². The smallest absolute Gasteiger partial charge is 0.237 e. The standard InChI is InChI=1S/C14H14N4O/c15-6-5-10-3-1-2-4-12(10)18-13(19)7-11-8-16-9-17-14(11)18/h1-4,8-9H,5-7,15H2. The fourth-order valence-electron chi connectivity index (χ4n) is 2.38. The molecule has 19 heavy (non-hydrogen) atoms. The van der Waals surface area contributed by atoms with Crippen molar-refractivity contribution in [3.05, 3.63) is 47.9 Å². The summed E-state index contributed by atoms with van der Waals surface area (Å²) in [5.41, 5.74) is 8.43. The van der Waals surface area contributed by atoms with Crippen molar-refractivity contribution in [2.75, 3.05) is 11.4 Å². The summed E-state index contributed by atoms with van der Waals surface area (Å²) in [6.45, 7) is 0.551. The van der Waals surface area contributed by atoms with Crippen LogP contribution in [-0.2, 0) is 17.6 Å². The highest BCUT2D eigenvalue weighted by Gasteiger charge is 2.31. The molecule has 0 bridgehead atoms. The molecule has 2 heterocycles. The number of anilines is 2. The highest BCUT2D eigenvalue weighted by atomic mass is 16.2. The Hall–Kier alpha value is -2.27. The molecular formula is C14H14N4O. The molecule has 2 N–H and O–H groups in total. The quantitative estimate of drug-likeness (QED) is 0.893. The summed E-state index contributed by atoms with van der Waals surface area (Å²) in [5, 5.41) is 0. The fraction of sp³-hybridized carbons (Fsp3) is 0.214. The molecule has 0 saturated carbocycles. The third kappa shape index (κ3) is 1.98. The lowest BCUT2D eigenvalue weighted by Gasteiger charge is -2.19. The average molecular weight is 254 g/mol. The van der Waals surface area contributed by atoms with Crippen molar-refractivity contribution in [2.24, 2.45) is 5.73 Å². The molecule has 96 valence electrons. The van der Waals surface area contributed by atoms with E-state index in [9.17, 15) is 4.79 Å². The SMILES string of the molecule is NCCc1ccccc1N1C(=O)Cc2cncnc21. The Morgan fingerprint density at radius 2 is 2.16 bits per heavy atom. The Labute approximate surface area is 111 Å². The summed E-state index contributed by atoms with van der Waals surface area (Å²) in [5.74, 6) is 0.712. The van der Waals surface area contributed by atoms with Crippen molar-refractivity contribution < 1.29 is 4.79 Å². The zero-order chi connectivity index (χ0) is 13.2. The first kappa shape index (κ1) is 11.8. The second-order valence-corrected chi connectivity index (χ2v) is 4.44. The van der Waals surface area contributed by atoms with Gasteiger partial charge in [-0.25, -0.2) is 9.97 Å². The normalized spacial score (nSPS) is 13.7. The Kier molecular flexibility index (Phi) is 2.97. The van der Waals surface area contributed by atoms with Gasteiger partial charge in [-0.1, -0.05) is 18.2 Å². The minimum Gasteiger partial charge on any atom is -0.330 e. The van der Waals surface area contributed by atoms with Crippen LogP contribution in [0.3, 0.4) is 0 Å². The minimum atomic E-state index is 0.0278. The molecule has 1 aromatic heterocycles. The molecule has 1 aliphatic heterocycles. The minimum absolute atomic E-state index is 0.0278. The number of para-hydroxylation sites is 1. The van der Waals surface area contributed by atoms with Gasteiger partial charge in [0.05, 0.1) is 12.1 Å². The number of nitrogens with two attached hydrogens (primary N) is 1. The maximum Gasteiger partial charge on any atom is 0.237 e. The van der Waals surface area contributed by atoms with Crippen molar-refractivity contribution in [2.45, 2.75) is 12.8 Å². The third-order valence-corrected chi connectivity index (χ3v) is 3.21. The zero-order valence-corrected chi connectivity index (χ0v) is 10.4. The van der Waals surface area contributed by atoms with Crippen LogP contribution in [0.2, 0.25) is 0 Å². The predicted molar refractivity (Wildman–Crippen MR) is 72.1 cm³/mol. The molecule has 0 saturated heterocycles. The molecule has 3 rings (SSSR count). The van der Waals surface area contributed by atoms with E-state index in [0.717, 1.165) is 23.2 Å². The van der Waals surface area contributed by atoms with Gasteiger partial charge in [0, 0.05) is 11.8 Å². The summed E-state index contributed by atoms with van der Waals surface area (Å²) < 4.78 is 0. The van der Waals surface area contributed by atoms with Crippen LogP contribution in [-0.4, -0.2) is 22.4 Å². The van der Waals surface area contributed by atoms with Gasteiger partial charge in [0.25, 0.3) is 0 Å². The number of carbonyl (C=O) groups excluding carboxylic acids is 1. The van der Waals surface area contributed by atoms with Crippen LogP contribution >= 0.6 is 0 Å². The number of rotatable bonds is 3. The number of hydrogen-bond acceptors (Lipinski definition) is 4. The first-order valence-corrected chi connectivity index (χ1v) is 6.21. The Balaban J connectivity index is 2.10. The maximum absolute atomic E-state index is 12.2. The molecular weight excluding hydrogens is 240 g/mol. The van der Waals surface area contributed by atoms with E-state index in [0.29, 0.717) is 18.8 Å². The lowest BCUT2D eigenvalue weighted by atomic mass is 10.1. The molecule has 1 aliphatic rings. The van der Waals surface area contributed by atoms with Crippen LogP contribution in [0.1, 0.15) is 11.1 Å². The molecule has 5 heteroatoms. The maximum atomic E-state index is 12.2. The van der Waals surface area contributed by atoms with Gasteiger partial charge in [0.2, 0.25) is 5.91 Å². The van der Waals surface area contributed by atoms with Gasteiger partial charge in [0.15, 0.2) is 0 Å². The van der Waals surface area contributed by atoms with E-state index in [-0.39, 0.29) is 5.91 Å². The Morgan fingerprint density at radius 1 is 1.32 bits per heavy atom. The van der Waals surface area contributed by atoms with E-state index in [2.05, 4.69) is 9.97 Å². The van der Waals surface area contributed by atoms with Gasteiger partial charge >= 0.3 is 0 Å². The number of amides is 1. The van der Waals surface area contributed by atoms with Crippen molar-refractivity contribution in [1.29, 1.82) is 0 Å². The van der Waals surface area contributed by atoms with Crippen LogP contribution in [0.4, 0.5) is 11.5 Å². The van der Waals surface area contributed by atoms with Gasteiger partial charge in [-0.05, 0) is 24.6 Å². The number of benzene rings is 1. The van der Waals surface area contributed by atoms with Crippen LogP contribution in [0.25, 0.3) is 0 Å². The topological polar surface area (TPSA) is 72.1 Å². The lowest BCUT2D eigenvalue weighted by Crippen LogP contribution is -2.23. The van der Waals surface area contributed by atoms with Gasteiger partial charge in [0.1, 0.15) is 12.1 Å². The van der Waals surface area contributed by atoms with Gasteiger partial charge in [-0.3, -0.25) is 9.69 Å². The molecule has 2 aromatic rings. The molecule has 0 aliphatic carbocycles. The molecule has 0 radical (unpaired) electrons. The number of fused-ring (bicyclic) bond motifs is 1. The molecule has 0 unspecified atom stereocenters. The largest absolute Gasteiger partial charge is 0.330 e. The van der Waals surface area contributed by atoms with Gasteiger partial charge < -0.3 is 5.73 Å². The highest BCUT2D eigenvalue weighted by molar-refractivity contribution is 6.06. The average Bonchev–Trinajstić information content (AvgIpc) is 2.76. The third-order valence-electron chi connectivity index (χ3n) is 3.21. The van der Waals surface area contributed by atoms with Crippen LogP contribution < -0.4 is 10.6 Å². The van der Waals surface area contributed by atoms with Crippen LogP contribution in [0.5, 0.6) is 0 Å². The number of carbonyl (C=O) groups is 1. The summed E-state index contributed by atoms with van der Waals surface area (Å²) in [6.07, 6.45) is 4.26. The van der Waals surface area contributed by atoms with E-state index in [1.165, 1.54) is 6.33 Å². The lowest BCUT2D eigenvalue weighted by molar-refractivity contribution is -0.116. The van der Waals surface area contributed by atoms with E-state index in [1.807, 2.05) is 24.3 Å². The van der Waals surface area contributed by atoms with E-state index < -0.39 is 0 Å². The molecule has 0 fully saturated rings. The van der Waals surface area contributed by atoms with Gasteiger partial charge in [-0.15, -0.1) is 0 Å². The number of aromatic nitrogens is 2. The monoisotopic (exact) mass is 254 g/mol. The molecule has 0 spiro atoms. The number of nitrogens with zero attached hydrogens (tertiary/aromatic N) is 3. The highest BCUT2D eigenvalue weighted by Crippen LogP contribution is 2.34. The number of hydrogen-bond donors (Lipinski definition) is 1. The molecule has 5 nitrogen and oxygen atoms in total. The van der Waals surface area contributed by atoms with Crippen molar-refractivity contribution in [3.8, 4) is 0 Å². The first-order valence-electron chi connectivity index (χ1n) is 6.21. The van der Waals surface area contributed by atoms with Crippen LogP contribution in [0.15, 0.2) is 36.8 Å². The zero-order valence-electron chi connectivity index (χ0n) is 10.4. The molecule has 1 aromatic carbocycles. The second-order valence-electron chi connectivity index (χ2n) is 4.44. The van der Waals surface area contributed by atoms with Gasteiger partial charge in [-0.2, -0.15) is 0 Å². The van der Waals surface area contributed by atoms with Crippen LogP contribution in [0, 0.1) is 0 Å². The first-order chi connectivity index (χ1) is 9.31. The fourth-order valence-corrected chi connectivity index (χ4v) is 2.38. The van der Waals surface area contributed by atoms with E-state index in [1.54, 1.807) is 11.1 Å². The second kappa shape index (κ2) is 4.78. The Morgan fingerprint density at radius 3 is 3.00 bits per heavy atom. The molecule has 0 atom stereocenters. The van der Waals surface area contributed by atoms with E-state index in [4.69, 9.17) is 5.73 Å². The van der Waals surface area contributed by atoms with E-state index >= 15 is 0 Å². The predicted octanol–water partition coefficient (Wildman–Crippen LogP) is 1.20. The summed E-state index contributed by atoms with van der Waals surface area (Å²) in [4.78, 5) is 22.1. The van der Waals surface area contributed by atoms with Crippen molar-refractivity contribution in [3.63, 3.8) is 0 Å². The Bertz CT molecular complexity index is 626.